The van der Waals surface area contributed by atoms with Gasteiger partial charge in [-0.25, -0.2) is 0 Å². The lowest BCUT2D eigenvalue weighted by Crippen LogP contribution is -2.13. The lowest BCUT2D eigenvalue weighted by atomic mass is 10.1. The summed E-state index contributed by atoms with van der Waals surface area (Å²) in [7, 11) is 1.62. The maximum atomic E-state index is 9.89. The summed E-state index contributed by atoms with van der Waals surface area (Å²) in [4.78, 5) is 0. The van der Waals surface area contributed by atoms with E-state index in [2.05, 4.69) is 0 Å². The van der Waals surface area contributed by atoms with Crippen LogP contribution in [0.15, 0.2) is 12.1 Å². The minimum absolute atomic E-state index is 0.370. The summed E-state index contributed by atoms with van der Waals surface area (Å²) in [5, 5.41) is 9.89. The van der Waals surface area contributed by atoms with Gasteiger partial charge < -0.3 is 36.5 Å². The van der Waals surface area contributed by atoms with E-state index in [1.165, 1.54) is 0 Å². The number of unbranched alkanes of at least 4 members (excludes halogenated alkanes) is 4. The second-order valence-corrected chi connectivity index (χ2v) is 6.27. The summed E-state index contributed by atoms with van der Waals surface area (Å²) in [6, 6.07) is 3.59. The molecule has 1 unspecified atom stereocenters. The van der Waals surface area contributed by atoms with Crippen LogP contribution in [-0.2, 0) is 11.3 Å². The van der Waals surface area contributed by atoms with Crippen LogP contribution in [0.25, 0.3) is 0 Å². The largest absolute Gasteiger partial charge is 0.493 e. The molecule has 0 heterocycles. The Morgan fingerprint density at radius 1 is 0.885 bits per heavy atom. The summed E-state index contributed by atoms with van der Waals surface area (Å²) in [6.45, 7) is 2.88. The van der Waals surface area contributed by atoms with Gasteiger partial charge in [-0.2, -0.15) is 0 Å². The molecule has 0 radical (unpaired) electrons. The first kappa shape index (κ1) is 22.7. The molecule has 0 aliphatic rings. The first-order valence-corrected chi connectivity index (χ1v) is 9.39. The second-order valence-electron chi connectivity index (χ2n) is 6.27. The number of hydrogen-bond acceptors (Lipinski definition) is 7. The number of benzene rings is 1. The Hall–Kier alpha value is -1.38. The van der Waals surface area contributed by atoms with Crippen molar-refractivity contribution in [1.29, 1.82) is 0 Å². The molecule has 1 aromatic rings. The zero-order chi connectivity index (χ0) is 19.2. The number of rotatable bonds is 15. The van der Waals surface area contributed by atoms with Crippen LogP contribution >= 0.6 is 0 Å². The van der Waals surface area contributed by atoms with Gasteiger partial charge in [-0.3, -0.25) is 0 Å². The molecule has 1 rings (SSSR count). The number of nitrogens with two attached hydrogens (primary N) is 3. The molecule has 0 aromatic heterocycles. The van der Waals surface area contributed by atoms with Crippen molar-refractivity contribution in [2.24, 2.45) is 17.2 Å². The topological polar surface area (TPSA) is 126 Å². The van der Waals surface area contributed by atoms with E-state index in [4.69, 9.17) is 31.4 Å². The summed E-state index contributed by atoms with van der Waals surface area (Å²) in [5.74, 6) is 1.24. The Labute approximate surface area is 156 Å². The predicted molar refractivity (Wildman–Crippen MR) is 103 cm³/mol. The van der Waals surface area contributed by atoms with Gasteiger partial charge in [-0.05, 0) is 57.7 Å². The molecule has 1 atom stereocenters. The van der Waals surface area contributed by atoms with E-state index < -0.39 is 6.23 Å². The maximum Gasteiger partial charge on any atom is 0.132 e. The van der Waals surface area contributed by atoms with Gasteiger partial charge >= 0.3 is 0 Å². The molecule has 0 aliphatic heterocycles. The van der Waals surface area contributed by atoms with Crippen molar-refractivity contribution < 1.29 is 19.3 Å². The SMILES string of the molecule is COCc1cc(C(N)O)c(OCCCCCN)cc1OCCCCCN. The molecule has 0 bridgehead atoms. The third-order valence-electron chi connectivity index (χ3n) is 4.02. The average molecular weight is 370 g/mol. The molecule has 0 aliphatic carbocycles. The second kappa shape index (κ2) is 13.8. The third-order valence-corrected chi connectivity index (χ3v) is 4.02. The number of aliphatic hydroxyl groups excluding tert-OH is 1. The minimum atomic E-state index is -1.12. The molecule has 1 aromatic carbocycles. The molecular weight excluding hydrogens is 334 g/mol. The molecule has 26 heavy (non-hydrogen) atoms. The van der Waals surface area contributed by atoms with E-state index >= 15 is 0 Å². The number of ether oxygens (including phenoxy) is 3. The van der Waals surface area contributed by atoms with Crippen LogP contribution < -0.4 is 26.7 Å². The average Bonchev–Trinajstić information content (AvgIpc) is 2.62. The van der Waals surface area contributed by atoms with Crippen molar-refractivity contribution in [2.45, 2.75) is 51.4 Å². The van der Waals surface area contributed by atoms with E-state index in [9.17, 15) is 5.11 Å². The summed E-state index contributed by atoms with van der Waals surface area (Å²) >= 11 is 0. The van der Waals surface area contributed by atoms with E-state index in [0.29, 0.717) is 50.0 Å². The first-order valence-electron chi connectivity index (χ1n) is 9.39. The van der Waals surface area contributed by atoms with Crippen molar-refractivity contribution in [3.8, 4) is 11.5 Å². The van der Waals surface area contributed by atoms with Gasteiger partial charge in [0.25, 0.3) is 0 Å². The van der Waals surface area contributed by atoms with Crippen molar-refractivity contribution in [1.82, 2.24) is 0 Å². The van der Waals surface area contributed by atoms with Crippen molar-refractivity contribution in [3.05, 3.63) is 23.3 Å². The normalized spacial score (nSPS) is 12.2. The molecule has 0 fully saturated rings. The van der Waals surface area contributed by atoms with Gasteiger partial charge in [0.1, 0.15) is 17.7 Å². The zero-order valence-corrected chi connectivity index (χ0v) is 15.9. The maximum absolute atomic E-state index is 9.89. The highest BCUT2D eigenvalue weighted by atomic mass is 16.5. The van der Waals surface area contributed by atoms with Gasteiger partial charge in [0.15, 0.2) is 0 Å². The lowest BCUT2D eigenvalue weighted by Gasteiger charge is -2.19. The fourth-order valence-electron chi connectivity index (χ4n) is 2.59. The molecule has 0 saturated carbocycles. The number of methoxy groups -OCH3 is 1. The van der Waals surface area contributed by atoms with Crippen LogP contribution in [0, 0.1) is 0 Å². The Balaban J connectivity index is 2.82. The number of aliphatic hydroxyl groups is 1. The van der Waals surface area contributed by atoms with Crippen molar-refractivity contribution in [2.75, 3.05) is 33.4 Å². The summed E-state index contributed by atoms with van der Waals surface area (Å²) in [6.07, 6.45) is 4.70. The van der Waals surface area contributed by atoms with Crippen molar-refractivity contribution >= 4 is 0 Å². The van der Waals surface area contributed by atoms with Crippen molar-refractivity contribution in [3.63, 3.8) is 0 Å². The molecule has 7 N–H and O–H groups in total. The summed E-state index contributed by atoms with van der Waals surface area (Å²) < 4.78 is 17.0. The highest BCUT2D eigenvalue weighted by Gasteiger charge is 2.16. The monoisotopic (exact) mass is 369 g/mol. The number of hydrogen-bond donors (Lipinski definition) is 4. The Morgan fingerprint density at radius 2 is 1.46 bits per heavy atom. The molecule has 150 valence electrons. The molecule has 7 nitrogen and oxygen atoms in total. The zero-order valence-electron chi connectivity index (χ0n) is 15.9. The Morgan fingerprint density at radius 3 is 1.96 bits per heavy atom. The quantitative estimate of drug-likeness (QED) is 0.274. The van der Waals surface area contributed by atoms with E-state index in [1.807, 2.05) is 0 Å². The fourth-order valence-corrected chi connectivity index (χ4v) is 2.59. The van der Waals surface area contributed by atoms with Crippen LogP contribution in [0.1, 0.15) is 55.9 Å². The molecule has 0 amide bonds. The van der Waals surface area contributed by atoms with E-state index in [0.717, 1.165) is 44.1 Å². The Bertz CT molecular complexity index is 498. The highest BCUT2D eigenvalue weighted by molar-refractivity contribution is 5.47. The fraction of sp³-hybridized carbons (Fsp3) is 0.684. The minimum Gasteiger partial charge on any atom is -0.493 e. The van der Waals surface area contributed by atoms with Gasteiger partial charge in [-0.1, -0.05) is 0 Å². The van der Waals surface area contributed by atoms with Crippen LogP contribution in [0.4, 0.5) is 0 Å². The molecule has 0 spiro atoms. The van der Waals surface area contributed by atoms with Crippen LogP contribution in [0.3, 0.4) is 0 Å². The summed E-state index contributed by atoms with van der Waals surface area (Å²) in [5.41, 5.74) is 18.1. The standard InChI is InChI=1S/C19H35N3O4/c1-24-14-15-12-16(19(22)23)18(26-11-7-3-5-9-21)13-17(15)25-10-6-2-4-8-20/h12-13,19,23H,2-11,14,20-22H2,1H3. The lowest BCUT2D eigenvalue weighted by molar-refractivity contribution is 0.171. The molecular formula is C19H35N3O4. The van der Waals surface area contributed by atoms with Crippen LogP contribution in [0.5, 0.6) is 11.5 Å². The van der Waals surface area contributed by atoms with Crippen LogP contribution in [0.2, 0.25) is 0 Å². The first-order chi connectivity index (χ1) is 12.6. The van der Waals surface area contributed by atoms with Gasteiger partial charge in [0.2, 0.25) is 0 Å². The highest BCUT2D eigenvalue weighted by Crippen LogP contribution is 2.32. The van der Waals surface area contributed by atoms with E-state index in [-0.39, 0.29) is 0 Å². The molecule has 7 heteroatoms. The third kappa shape index (κ3) is 8.33. The smallest absolute Gasteiger partial charge is 0.132 e. The van der Waals surface area contributed by atoms with Gasteiger partial charge in [-0.15, -0.1) is 0 Å². The van der Waals surface area contributed by atoms with Gasteiger partial charge in [0.05, 0.1) is 19.8 Å². The van der Waals surface area contributed by atoms with E-state index in [1.54, 1.807) is 19.2 Å². The predicted octanol–water partition coefficient (Wildman–Crippen LogP) is 1.80. The van der Waals surface area contributed by atoms with Gasteiger partial charge in [0, 0.05) is 24.3 Å². The molecule has 0 saturated heterocycles. The Kier molecular flexibility index (Phi) is 12.0. The van der Waals surface area contributed by atoms with Crippen LogP contribution in [-0.4, -0.2) is 38.5 Å².